The van der Waals surface area contributed by atoms with Crippen molar-refractivity contribution in [2.45, 2.75) is 20.8 Å². The fourth-order valence-corrected chi connectivity index (χ4v) is 4.89. The van der Waals surface area contributed by atoms with Crippen LogP contribution >= 0.6 is 11.3 Å². The minimum Gasteiger partial charge on any atom is -0.462 e. The molecule has 0 fully saturated rings. The summed E-state index contributed by atoms with van der Waals surface area (Å²) >= 11 is 1.25. The molecule has 7 nitrogen and oxygen atoms in total. The number of nitriles is 1. The van der Waals surface area contributed by atoms with Gasteiger partial charge >= 0.3 is 5.97 Å². The van der Waals surface area contributed by atoms with Crippen LogP contribution in [0.1, 0.15) is 43.6 Å². The van der Waals surface area contributed by atoms with E-state index >= 15 is 0 Å². The first-order chi connectivity index (χ1) is 17.3. The number of aromatic nitrogens is 1. The van der Waals surface area contributed by atoms with E-state index in [9.17, 15) is 19.6 Å². The summed E-state index contributed by atoms with van der Waals surface area (Å²) < 4.78 is 6.65. The van der Waals surface area contributed by atoms with E-state index in [2.05, 4.69) is 5.32 Å². The second-order valence-corrected chi connectivity index (χ2v) is 9.20. The molecule has 8 heteroatoms. The number of anilines is 1. The van der Waals surface area contributed by atoms with Gasteiger partial charge in [0, 0.05) is 27.6 Å². The first-order valence-corrected chi connectivity index (χ1v) is 12.1. The number of nitrogens with one attached hydrogen (secondary N) is 1. The standard InChI is InChI=1S/C28H23N3O4S/c1-4-35-28(34)24-17(2)18(3)36-26(24)30-25(32)20(15-29)14-21-16-31(23-13-9-8-12-22(21)23)27(33)19-10-6-5-7-11-19/h5-14,16H,4H2,1-3H3,(H,30,32). The topological polar surface area (TPSA) is 101 Å². The van der Waals surface area contributed by atoms with Crippen molar-refractivity contribution in [2.24, 2.45) is 0 Å². The maximum atomic E-state index is 13.1. The van der Waals surface area contributed by atoms with Gasteiger partial charge in [-0.3, -0.25) is 14.2 Å². The van der Waals surface area contributed by atoms with E-state index in [1.54, 1.807) is 44.3 Å². The molecule has 0 unspecified atom stereocenters. The Kier molecular flexibility index (Phi) is 7.13. The van der Waals surface area contributed by atoms with E-state index in [0.29, 0.717) is 21.6 Å². The van der Waals surface area contributed by atoms with Crippen LogP contribution in [0, 0.1) is 25.2 Å². The summed E-state index contributed by atoms with van der Waals surface area (Å²) in [4.78, 5) is 39.5. The molecule has 0 aliphatic carbocycles. The minimum absolute atomic E-state index is 0.163. The normalized spacial score (nSPS) is 11.2. The summed E-state index contributed by atoms with van der Waals surface area (Å²) in [6.07, 6.45) is 3.07. The number of benzene rings is 2. The van der Waals surface area contributed by atoms with Gasteiger partial charge in [0.15, 0.2) is 0 Å². The van der Waals surface area contributed by atoms with Crippen molar-refractivity contribution in [2.75, 3.05) is 11.9 Å². The molecule has 0 saturated carbocycles. The third-order valence-corrected chi connectivity index (χ3v) is 6.86. The lowest BCUT2D eigenvalue weighted by atomic mass is 10.1. The Morgan fingerprint density at radius 1 is 1.08 bits per heavy atom. The predicted octanol–water partition coefficient (Wildman–Crippen LogP) is 5.73. The van der Waals surface area contributed by atoms with Crippen LogP contribution in [0.2, 0.25) is 0 Å². The van der Waals surface area contributed by atoms with Crippen LogP contribution in [0.25, 0.3) is 17.0 Å². The Morgan fingerprint density at radius 3 is 2.47 bits per heavy atom. The highest BCUT2D eigenvalue weighted by Crippen LogP contribution is 2.33. The van der Waals surface area contributed by atoms with Gasteiger partial charge < -0.3 is 10.1 Å². The Hall–Kier alpha value is -4.48. The first kappa shape index (κ1) is 24.6. The number of thiophene rings is 1. The number of carbonyl (C=O) groups excluding carboxylic acids is 3. The number of amides is 1. The number of hydrogen-bond donors (Lipinski definition) is 1. The molecule has 0 aliphatic rings. The van der Waals surface area contributed by atoms with Crippen LogP contribution in [0.15, 0.2) is 66.4 Å². The quantitative estimate of drug-likeness (QED) is 0.208. The van der Waals surface area contributed by atoms with Gasteiger partial charge in [0.1, 0.15) is 16.6 Å². The minimum atomic E-state index is -0.657. The molecule has 0 spiro atoms. The van der Waals surface area contributed by atoms with Crippen LogP contribution in [-0.4, -0.2) is 29.0 Å². The third kappa shape index (κ3) is 4.69. The van der Waals surface area contributed by atoms with E-state index in [1.165, 1.54) is 22.0 Å². The number of esters is 1. The van der Waals surface area contributed by atoms with Crippen molar-refractivity contribution in [1.82, 2.24) is 4.57 Å². The monoisotopic (exact) mass is 497 g/mol. The highest BCUT2D eigenvalue weighted by Gasteiger charge is 2.23. The predicted molar refractivity (Wildman–Crippen MR) is 140 cm³/mol. The molecular formula is C28H23N3O4S. The fourth-order valence-electron chi connectivity index (χ4n) is 3.85. The van der Waals surface area contributed by atoms with Gasteiger partial charge in [0.05, 0.1) is 17.7 Å². The molecule has 4 aromatic rings. The lowest BCUT2D eigenvalue weighted by Crippen LogP contribution is -2.16. The molecule has 2 aromatic carbocycles. The number of carbonyl (C=O) groups is 3. The van der Waals surface area contributed by atoms with Gasteiger partial charge in [-0.05, 0) is 50.6 Å². The van der Waals surface area contributed by atoms with E-state index in [4.69, 9.17) is 4.74 Å². The molecule has 2 aromatic heterocycles. The van der Waals surface area contributed by atoms with E-state index in [-0.39, 0.29) is 23.7 Å². The zero-order chi connectivity index (χ0) is 25.8. The van der Waals surface area contributed by atoms with Crippen molar-refractivity contribution in [1.29, 1.82) is 5.26 Å². The number of aryl methyl sites for hydroxylation is 1. The summed E-state index contributed by atoms with van der Waals surface area (Å²) in [5.41, 5.74) is 2.56. The Bertz CT molecular complexity index is 1550. The number of nitrogens with zero attached hydrogens (tertiary/aromatic N) is 2. The van der Waals surface area contributed by atoms with Crippen LogP contribution in [0.3, 0.4) is 0 Å². The largest absolute Gasteiger partial charge is 0.462 e. The molecule has 4 rings (SSSR count). The average Bonchev–Trinajstić information content (AvgIpc) is 3.39. The molecule has 1 amide bonds. The van der Waals surface area contributed by atoms with Gasteiger partial charge in [-0.2, -0.15) is 5.26 Å². The zero-order valence-electron chi connectivity index (χ0n) is 20.0. The lowest BCUT2D eigenvalue weighted by Gasteiger charge is -2.06. The van der Waals surface area contributed by atoms with Crippen molar-refractivity contribution >= 4 is 51.1 Å². The number of rotatable bonds is 6. The summed E-state index contributed by atoms with van der Waals surface area (Å²) in [5.74, 6) is -1.41. The smallest absolute Gasteiger partial charge is 0.341 e. The highest BCUT2D eigenvalue weighted by molar-refractivity contribution is 7.16. The van der Waals surface area contributed by atoms with Crippen molar-refractivity contribution in [3.8, 4) is 6.07 Å². The summed E-state index contributed by atoms with van der Waals surface area (Å²) in [7, 11) is 0. The number of ether oxygens (including phenoxy) is 1. The number of para-hydroxylation sites is 1. The van der Waals surface area contributed by atoms with Gasteiger partial charge in [-0.15, -0.1) is 11.3 Å². The van der Waals surface area contributed by atoms with Crippen molar-refractivity contribution in [3.63, 3.8) is 0 Å². The summed E-state index contributed by atoms with van der Waals surface area (Å²) in [6.45, 7) is 5.54. The second kappa shape index (κ2) is 10.4. The van der Waals surface area contributed by atoms with Crippen LogP contribution < -0.4 is 5.32 Å². The molecule has 0 radical (unpaired) electrons. The zero-order valence-corrected chi connectivity index (χ0v) is 20.8. The molecule has 0 aliphatic heterocycles. The van der Waals surface area contributed by atoms with E-state index < -0.39 is 11.9 Å². The van der Waals surface area contributed by atoms with Crippen LogP contribution in [-0.2, 0) is 9.53 Å². The molecule has 0 atom stereocenters. The lowest BCUT2D eigenvalue weighted by molar-refractivity contribution is -0.112. The number of fused-ring (bicyclic) bond motifs is 1. The molecule has 36 heavy (non-hydrogen) atoms. The van der Waals surface area contributed by atoms with Gasteiger partial charge in [-0.25, -0.2) is 4.79 Å². The average molecular weight is 498 g/mol. The van der Waals surface area contributed by atoms with Crippen LogP contribution in [0.5, 0.6) is 0 Å². The Balaban J connectivity index is 1.72. The molecule has 1 N–H and O–H groups in total. The third-order valence-electron chi connectivity index (χ3n) is 5.74. The van der Waals surface area contributed by atoms with Crippen molar-refractivity contribution < 1.29 is 19.1 Å². The van der Waals surface area contributed by atoms with E-state index in [0.717, 1.165) is 15.8 Å². The molecular weight excluding hydrogens is 474 g/mol. The second-order valence-electron chi connectivity index (χ2n) is 7.97. The molecule has 0 saturated heterocycles. The molecule has 180 valence electrons. The first-order valence-electron chi connectivity index (χ1n) is 11.3. The molecule has 2 heterocycles. The number of hydrogen-bond acceptors (Lipinski definition) is 6. The molecule has 0 bridgehead atoms. The van der Waals surface area contributed by atoms with Gasteiger partial charge in [0.25, 0.3) is 11.8 Å². The Morgan fingerprint density at radius 2 is 1.78 bits per heavy atom. The van der Waals surface area contributed by atoms with Crippen molar-refractivity contribution in [3.05, 3.63) is 93.5 Å². The maximum Gasteiger partial charge on any atom is 0.341 e. The summed E-state index contributed by atoms with van der Waals surface area (Å²) in [6, 6.07) is 18.1. The van der Waals surface area contributed by atoms with Crippen LogP contribution in [0.4, 0.5) is 5.00 Å². The Labute approximate surface area is 212 Å². The highest BCUT2D eigenvalue weighted by atomic mass is 32.1. The van der Waals surface area contributed by atoms with Gasteiger partial charge in [0.2, 0.25) is 0 Å². The summed E-state index contributed by atoms with van der Waals surface area (Å²) in [5, 5.41) is 13.5. The van der Waals surface area contributed by atoms with Gasteiger partial charge in [-0.1, -0.05) is 36.4 Å². The van der Waals surface area contributed by atoms with E-state index in [1.807, 2.05) is 43.3 Å². The maximum absolute atomic E-state index is 13.1. The fraction of sp³-hybridized carbons (Fsp3) is 0.143. The SMILES string of the molecule is CCOC(=O)c1c(NC(=O)C(C#N)=Cc2cn(C(=O)c3ccccc3)c3ccccc23)sc(C)c1C.